The van der Waals surface area contributed by atoms with Crippen molar-refractivity contribution < 1.29 is 0 Å². The Morgan fingerprint density at radius 2 is 2.15 bits per heavy atom. The van der Waals surface area contributed by atoms with Gasteiger partial charge in [-0.1, -0.05) is 22.6 Å². The van der Waals surface area contributed by atoms with E-state index in [4.69, 9.17) is 0 Å². The van der Waals surface area contributed by atoms with Crippen LogP contribution in [-0.4, -0.2) is 19.6 Å². The number of hydrogen-bond acceptors (Lipinski definition) is 3. The average Bonchev–Trinajstić information content (AvgIpc) is 2.47. The molecule has 0 radical (unpaired) electrons. The number of fused-ring (bicyclic) bond motifs is 1. The smallest absolute Gasteiger partial charge is 0.219 e. The van der Waals surface area contributed by atoms with Crippen LogP contribution in [0.3, 0.4) is 0 Å². The maximum absolute atomic E-state index is 4.19. The van der Waals surface area contributed by atoms with Crippen LogP contribution in [-0.2, 0) is 3.42 Å². The predicted molar refractivity (Wildman–Crippen MR) is 57.8 cm³/mol. The summed E-state index contributed by atoms with van der Waals surface area (Å²) < 4.78 is 1.76. The Kier molecular flexibility index (Phi) is 1.98. The minimum atomic E-state index is 0.0743. The molecule has 0 spiro atoms. The highest BCUT2D eigenvalue weighted by atomic mass is 127. The van der Waals surface area contributed by atoms with Crippen molar-refractivity contribution in [3.63, 3.8) is 0 Å². The zero-order valence-electron chi connectivity index (χ0n) is 7.40. The molecule has 2 aromatic rings. The first-order chi connectivity index (χ1) is 6.07. The summed E-state index contributed by atoms with van der Waals surface area (Å²) in [6.07, 6.45) is 5.31. The molecule has 0 aliphatic heterocycles. The molecule has 0 amide bonds. The number of hydrogen-bond donors (Lipinski definition) is 0. The summed E-state index contributed by atoms with van der Waals surface area (Å²) >= 11 is 2.37. The number of aromatic nitrogens is 4. The highest BCUT2D eigenvalue weighted by Gasteiger charge is 2.16. The van der Waals surface area contributed by atoms with Crippen molar-refractivity contribution in [1.82, 2.24) is 19.6 Å². The zero-order chi connectivity index (χ0) is 9.47. The Morgan fingerprint density at radius 3 is 2.85 bits per heavy atom. The van der Waals surface area contributed by atoms with Crippen molar-refractivity contribution in [3.8, 4) is 0 Å². The molecule has 0 saturated carbocycles. The van der Waals surface area contributed by atoms with Crippen LogP contribution < -0.4 is 0 Å². The molecule has 0 atom stereocenters. The van der Waals surface area contributed by atoms with E-state index < -0.39 is 0 Å². The molecule has 4 nitrogen and oxygen atoms in total. The summed E-state index contributed by atoms with van der Waals surface area (Å²) in [4.78, 5) is 8.17. The standard InChI is InChI=1S/C8H9IN4/c1-8(2,9)6-3-10-7-11-5-12-13(7)4-6/h3-5H,1-2H3. The number of nitrogens with zero attached hydrogens (tertiary/aromatic N) is 4. The Labute approximate surface area is 89.5 Å². The molecular formula is C8H9IN4. The SMILES string of the molecule is CC(C)(I)c1cnc2ncnn2c1. The van der Waals surface area contributed by atoms with Gasteiger partial charge >= 0.3 is 0 Å². The van der Waals surface area contributed by atoms with E-state index in [1.165, 1.54) is 6.33 Å². The molecule has 2 aromatic heterocycles. The molecule has 2 heterocycles. The lowest BCUT2D eigenvalue weighted by atomic mass is 10.1. The molecule has 0 fully saturated rings. The normalized spacial score (nSPS) is 12.2. The summed E-state index contributed by atoms with van der Waals surface area (Å²) in [5, 5.41) is 4.03. The summed E-state index contributed by atoms with van der Waals surface area (Å²) in [7, 11) is 0. The van der Waals surface area contributed by atoms with E-state index in [0.29, 0.717) is 5.78 Å². The third-order valence-electron chi connectivity index (χ3n) is 1.82. The van der Waals surface area contributed by atoms with E-state index in [9.17, 15) is 0 Å². The fourth-order valence-electron chi connectivity index (χ4n) is 1.03. The van der Waals surface area contributed by atoms with Gasteiger partial charge in [-0.05, 0) is 13.8 Å². The van der Waals surface area contributed by atoms with Gasteiger partial charge < -0.3 is 0 Å². The Morgan fingerprint density at radius 1 is 1.38 bits per heavy atom. The van der Waals surface area contributed by atoms with E-state index in [2.05, 4.69) is 51.5 Å². The van der Waals surface area contributed by atoms with E-state index in [-0.39, 0.29) is 3.42 Å². The van der Waals surface area contributed by atoms with E-state index in [0.717, 1.165) is 5.56 Å². The average molecular weight is 288 g/mol. The van der Waals surface area contributed by atoms with Gasteiger partial charge in [0.1, 0.15) is 6.33 Å². The Hall–Kier alpha value is -0.720. The first kappa shape index (κ1) is 8.86. The molecule has 0 N–H and O–H groups in total. The predicted octanol–water partition coefficient (Wildman–Crippen LogP) is 1.79. The molecule has 2 rings (SSSR count). The Balaban J connectivity index is 2.61. The van der Waals surface area contributed by atoms with Crippen molar-refractivity contribution in [2.45, 2.75) is 17.3 Å². The van der Waals surface area contributed by atoms with Crippen molar-refractivity contribution in [1.29, 1.82) is 0 Å². The largest absolute Gasteiger partial charge is 0.252 e. The summed E-state index contributed by atoms with van der Waals surface area (Å²) in [6.45, 7) is 4.26. The topological polar surface area (TPSA) is 43.1 Å². The second-order valence-electron chi connectivity index (χ2n) is 3.32. The first-order valence-electron chi connectivity index (χ1n) is 3.92. The van der Waals surface area contributed by atoms with Crippen molar-refractivity contribution >= 4 is 28.4 Å². The second kappa shape index (κ2) is 2.90. The molecule has 0 aromatic carbocycles. The van der Waals surface area contributed by atoms with Crippen LogP contribution in [0.25, 0.3) is 5.78 Å². The fourth-order valence-corrected chi connectivity index (χ4v) is 1.31. The maximum Gasteiger partial charge on any atom is 0.252 e. The van der Waals surface area contributed by atoms with Gasteiger partial charge in [0.05, 0.1) is 0 Å². The quantitative estimate of drug-likeness (QED) is 0.593. The van der Waals surface area contributed by atoms with Crippen LogP contribution in [0.4, 0.5) is 0 Å². The highest BCUT2D eigenvalue weighted by Crippen LogP contribution is 2.29. The van der Waals surface area contributed by atoms with Crippen molar-refractivity contribution in [3.05, 3.63) is 24.3 Å². The van der Waals surface area contributed by atoms with Crippen LogP contribution in [0.5, 0.6) is 0 Å². The van der Waals surface area contributed by atoms with Crippen LogP contribution in [0.1, 0.15) is 19.4 Å². The fraction of sp³-hybridized carbons (Fsp3) is 0.375. The van der Waals surface area contributed by atoms with Crippen molar-refractivity contribution in [2.24, 2.45) is 0 Å². The van der Waals surface area contributed by atoms with Gasteiger partial charge in [-0.15, -0.1) is 0 Å². The third kappa shape index (κ3) is 1.65. The summed E-state index contributed by atoms with van der Waals surface area (Å²) in [5.41, 5.74) is 1.14. The number of halogens is 1. The van der Waals surface area contributed by atoms with Crippen molar-refractivity contribution in [2.75, 3.05) is 0 Å². The van der Waals surface area contributed by atoms with Gasteiger partial charge in [0.25, 0.3) is 5.78 Å². The lowest BCUT2D eigenvalue weighted by molar-refractivity contribution is 0.791. The second-order valence-corrected chi connectivity index (χ2v) is 6.02. The molecule has 68 valence electrons. The summed E-state index contributed by atoms with van der Waals surface area (Å²) in [5.74, 6) is 0.643. The maximum atomic E-state index is 4.19. The minimum absolute atomic E-state index is 0.0743. The monoisotopic (exact) mass is 288 g/mol. The summed E-state index contributed by atoms with van der Waals surface area (Å²) in [6, 6.07) is 0. The number of alkyl halides is 1. The van der Waals surface area contributed by atoms with E-state index >= 15 is 0 Å². The first-order valence-corrected chi connectivity index (χ1v) is 5.00. The van der Waals surface area contributed by atoms with Gasteiger partial charge in [0, 0.05) is 21.4 Å². The van der Waals surface area contributed by atoms with Gasteiger partial charge in [0.15, 0.2) is 0 Å². The van der Waals surface area contributed by atoms with Gasteiger partial charge in [0.2, 0.25) is 0 Å². The highest BCUT2D eigenvalue weighted by molar-refractivity contribution is 14.1. The van der Waals surface area contributed by atoms with Crippen LogP contribution in [0.2, 0.25) is 0 Å². The van der Waals surface area contributed by atoms with Crippen LogP contribution >= 0.6 is 22.6 Å². The molecule has 0 saturated heterocycles. The van der Waals surface area contributed by atoms with Gasteiger partial charge in [-0.25, -0.2) is 9.50 Å². The molecule has 0 aliphatic carbocycles. The zero-order valence-corrected chi connectivity index (χ0v) is 9.56. The number of rotatable bonds is 1. The van der Waals surface area contributed by atoms with E-state index in [1.807, 2.05) is 12.4 Å². The lowest BCUT2D eigenvalue weighted by Gasteiger charge is -2.15. The van der Waals surface area contributed by atoms with Gasteiger partial charge in [-0.2, -0.15) is 10.1 Å². The molecule has 0 unspecified atom stereocenters. The van der Waals surface area contributed by atoms with E-state index in [1.54, 1.807) is 4.52 Å². The third-order valence-corrected chi connectivity index (χ3v) is 2.44. The molecule has 13 heavy (non-hydrogen) atoms. The van der Waals surface area contributed by atoms with Crippen LogP contribution in [0.15, 0.2) is 18.7 Å². The van der Waals surface area contributed by atoms with Gasteiger partial charge in [-0.3, -0.25) is 0 Å². The molecule has 0 bridgehead atoms. The lowest BCUT2D eigenvalue weighted by Crippen LogP contribution is -2.08. The minimum Gasteiger partial charge on any atom is -0.219 e. The van der Waals surface area contributed by atoms with Crippen LogP contribution in [0, 0.1) is 0 Å². The molecule has 5 heteroatoms. The molecule has 0 aliphatic rings. The molecular weight excluding hydrogens is 279 g/mol. The Bertz CT molecular complexity index is 429.